The van der Waals surface area contributed by atoms with Crippen LogP contribution in [-0.4, -0.2) is 19.0 Å². The molecule has 112 valence electrons. The Bertz CT molecular complexity index is 249. The first kappa shape index (κ1) is 16.5. The van der Waals surface area contributed by atoms with Crippen molar-refractivity contribution in [2.24, 2.45) is 11.1 Å². The molecule has 3 heteroatoms. The van der Waals surface area contributed by atoms with E-state index >= 15 is 0 Å². The van der Waals surface area contributed by atoms with Crippen LogP contribution in [0.5, 0.6) is 0 Å². The number of nitrogens with two attached hydrogens (primary N) is 1. The molecule has 0 saturated heterocycles. The molecule has 0 spiro atoms. The summed E-state index contributed by atoms with van der Waals surface area (Å²) >= 11 is 0. The summed E-state index contributed by atoms with van der Waals surface area (Å²) < 4.78 is 0. The van der Waals surface area contributed by atoms with Crippen molar-refractivity contribution in [1.29, 1.82) is 0 Å². The minimum Gasteiger partial charge on any atom is -0.356 e. The van der Waals surface area contributed by atoms with Crippen LogP contribution in [0.3, 0.4) is 0 Å². The Morgan fingerprint density at radius 3 is 2.32 bits per heavy atom. The summed E-state index contributed by atoms with van der Waals surface area (Å²) in [4.78, 5) is 11.7. The Labute approximate surface area is 118 Å². The van der Waals surface area contributed by atoms with Gasteiger partial charge in [0.25, 0.3) is 0 Å². The highest BCUT2D eigenvalue weighted by atomic mass is 16.1. The molecule has 3 N–H and O–H groups in total. The van der Waals surface area contributed by atoms with Crippen molar-refractivity contribution in [3.63, 3.8) is 0 Å². The average Bonchev–Trinajstić information content (AvgIpc) is 3.16. The second kappa shape index (κ2) is 9.35. The molecule has 0 aromatic heterocycles. The van der Waals surface area contributed by atoms with Crippen LogP contribution < -0.4 is 11.1 Å². The fraction of sp³-hybridized carbons (Fsp3) is 0.938. The quantitative estimate of drug-likeness (QED) is 0.533. The molecule has 1 amide bonds. The van der Waals surface area contributed by atoms with Gasteiger partial charge in [-0.2, -0.15) is 0 Å². The third-order valence-corrected chi connectivity index (χ3v) is 4.30. The molecule has 1 saturated carbocycles. The third kappa shape index (κ3) is 7.56. The lowest BCUT2D eigenvalue weighted by Crippen LogP contribution is -2.31. The summed E-state index contributed by atoms with van der Waals surface area (Å²) in [5, 5.41) is 3.09. The predicted molar refractivity (Wildman–Crippen MR) is 81.0 cm³/mol. The summed E-state index contributed by atoms with van der Waals surface area (Å²) in [6.45, 7) is 3.83. The standard InChI is InChI=1S/C16H32N2O/c1-2-3-4-5-6-7-8-9-15(19)18-14-16(10-11-16)12-13-17/h2-14,17H2,1H3,(H,18,19). The van der Waals surface area contributed by atoms with Gasteiger partial charge in [-0.15, -0.1) is 0 Å². The summed E-state index contributed by atoms with van der Waals surface area (Å²) in [6, 6.07) is 0. The number of carbonyl (C=O) groups is 1. The second-order valence-corrected chi connectivity index (χ2v) is 6.19. The maximum atomic E-state index is 11.7. The number of rotatable bonds is 12. The van der Waals surface area contributed by atoms with E-state index in [4.69, 9.17) is 5.73 Å². The van der Waals surface area contributed by atoms with Crippen molar-refractivity contribution in [1.82, 2.24) is 5.32 Å². The highest BCUT2D eigenvalue weighted by molar-refractivity contribution is 5.75. The van der Waals surface area contributed by atoms with Crippen LogP contribution in [0.15, 0.2) is 0 Å². The van der Waals surface area contributed by atoms with Gasteiger partial charge in [0.05, 0.1) is 0 Å². The number of hydrogen-bond donors (Lipinski definition) is 2. The van der Waals surface area contributed by atoms with Crippen molar-refractivity contribution in [2.45, 2.75) is 77.6 Å². The van der Waals surface area contributed by atoms with E-state index in [-0.39, 0.29) is 5.91 Å². The lowest BCUT2D eigenvalue weighted by Gasteiger charge is -2.14. The van der Waals surface area contributed by atoms with Crippen molar-refractivity contribution < 1.29 is 4.79 Å². The van der Waals surface area contributed by atoms with Gasteiger partial charge in [0.15, 0.2) is 0 Å². The summed E-state index contributed by atoms with van der Waals surface area (Å²) in [6.07, 6.45) is 13.1. The van der Waals surface area contributed by atoms with Gasteiger partial charge in [-0.1, -0.05) is 45.4 Å². The smallest absolute Gasteiger partial charge is 0.220 e. The molecular weight excluding hydrogens is 236 g/mol. The van der Waals surface area contributed by atoms with E-state index in [0.717, 1.165) is 25.9 Å². The topological polar surface area (TPSA) is 55.1 Å². The Morgan fingerprint density at radius 2 is 1.74 bits per heavy atom. The predicted octanol–water partition coefficient (Wildman–Crippen LogP) is 3.37. The Morgan fingerprint density at radius 1 is 1.11 bits per heavy atom. The van der Waals surface area contributed by atoms with Gasteiger partial charge >= 0.3 is 0 Å². The molecule has 1 fully saturated rings. The monoisotopic (exact) mass is 268 g/mol. The molecule has 0 radical (unpaired) electrons. The van der Waals surface area contributed by atoms with E-state index in [9.17, 15) is 4.79 Å². The molecule has 0 bridgehead atoms. The largest absolute Gasteiger partial charge is 0.356 e. The third-order valence-electron chi connectivity index (χ3n) is 4.30. The first-order valence-electron chi connectivity index (χ1n) is 8.19. The molecule has 0 atom stereocenters. The van der Waals surface area contributed by atoms with Crippen LogP contribution >= 0.6 is 0 Å². The zero-order chi connectivity index (χ0) is 14.0. The molecule has 1 rings (SSSR count). The van der Waals surface area contributed by atoms with Gasteiger partial charge in [-0.25, -0.2) is 0 Å². The van der Waals surface area contributed by atoms with E-state index in [0.29, 0.717) is 11.8 Å². The highest BCUT2D eigenvalue weighted by Crippen LogP contribution is 2.47. The number of hydrogen-bond acceptors (Lipinski definition) is 2. The number of unbranched alkanes of at least 4 members (excludes halogenated alkanes) is 6. The molecule has 0 heterocycles. The van der Waals surface area contributed by atoms with Crippen molar-refractivity contribution >= 4 is 5.91 Å². The maximum Gasteiger partial charge on any atom is 0.220 e. The van der Waals surface area contributed by atoms with E-state index in [2.05, 4.69) is 12.2 Å². The van der Waals surface area contributed by atoms with Crippen LogP contribution in [0.1, 0.15) is 77.6 Å². The highest BCUT2D eigenvalue weighted by Gasteiger charge is 2.41. The molecule has 0 unspecified atom stereocenters. The molecular formula is C16H32N2O. The minimum atomic E-state index is 0.233. The van der Waals surface area contributed by atoms with Crippen molar-refractivity contribution in [3.05, 3.63) is 0 Å². The second-order valence-electron chi connectivity index (χ2n) is 6.19. The molecule has 1 aliphatic rings. The minimum absolute atomic E-state index is 0.233. The van der Waals surface area contributed by atoms with Gasteiger partial charge in [-0.05, 0) is 37.6 Å². The zero-order valence-corrected chi connectivity index (χ0v) is 12.7. The van der Waals surface area contributed by atoms with E-state index in [1.165, 1.54) is 51.4 Å². The van der Waals surface area contributed by atoms with E-state index in [1.807, 2.05) is 0 Å². The zero-order valence-electron chi connectivity index (χ0n) is 12.7. The summed E-state index contributed by atoms with van der Waals surface area (Å²) in [5.74, 6) is 0.233. The first-order valence-corrected chi connectivity index (χ1v) is 8.19. The number of carbonyl (C=O) groups excluding carboxylic acids is 1. The fourth-order valence-corrected chi connectivity index (χ4v) is 2.62. The van der Waals surface area contributed by atoms with Gasteiger partial charge in [0.2, 0.25) is 5.91 Å². The average molecular weight is 268 g/mol. The Hall–Kier alpha value is -0.570. The fourth-order valence-electron chi connectivity index (χ4n) is 2.62. The molecule has 0 aromatic carbocycles. The molecule has 1 aliphatic carbocycles. The van der Waals surface area contributed by atoms with Gasteiger partial charge in [0, 0.05) is 13.0 Å². The van der Waals surface area contributed by atoms with Gasteiger partial charge < -0.3 is 11.1 Å². The van der Waals surface area contributed by atoms with Crippen molar-refractivity contribution in [3.8, 4) is 0 Å². The molecule has 19 heavy (non-hydrogen) atoms. The van der Waals surface area contributed by atoms with Crippen LogP contribution in [0.25, 0.3) is 0 Å². The Kier molecular flexibility index (Phi) is 8.11. The van der Waals surface area contributed by atoms with E-state index < -0.39 is 0 Å². The van der Waals surface area contributed by atoms with Crippen LogP contribution in [0, 0.1) is 5.41 Å². The lowest BCUT2D eigenvalue weighted by atomic mass is 10.0. The SMILES string of the molecule is CCCCCCCCCC(=O)NCC1(CCN)CC1. The van der Waals surface area contributed by atoms with Crippen LogP contribution in [-0.2, 0) is 4.79 Å². The van der Waals surface area contributed by atoms with Crippen LogP contribution in [0.4, 0.5) is 0 Å². The van der Waals surface area contributed by atoms with Gasteiger partial charge in [0.1, 0.15) is 0 Å². The molecule has 0 aliphatic heterocycles. The first-order chi connectivity index (χ1) is 9.22. The van der Waals surface area contributed by atoms with Crippen molar-refractivity contribution in [2.75, 3.05) is 13.1 Å². The normalized spacial score (nSPS) is 16.3. The summed E-state index contributed by atoms with van der Waals surface area (Å²) in [5.41, 5.74) is 5.96. The Balaban J connectivity index is 1.91. The van der Waals surface area contributed by atoms with Gasteiger partial charge in [-0.3, -0.25) is 4.79 Å². The maximum absolute atomic E-state index is 11.7. The molecule has 3 nitrogen and oxygen atoms in total. The van der Waals surface area contributed by atoms with Crippen LogP contribution in [0.2, 0.25) is 0 Å². The molecule has 0 aromatic rings. The van der Waals surface area contributed by atoms with E-state index in [1.54, 1.807) is 0 Å². The lowest BCUT2D eigenvalue weighted by molar-refractivity contribution is -0.121. The summed E-state index contributed by atoms with van der Waals surface area (Å²) in [7, 11) is 0. The number of amides is 1. The number of nitrogens with one attached hydrogen (secondary N) is 1.